The van der Waals surface area contributed by atoms with E-state index in [9.17, 15) is 14.7 Å². The van der Waals surface area contributed by atoms with E-state index < -0.39 is 17.4 Å². The maximum atomic E-state index is 13.4. The molecule has 4 fully saturated rings. The number of ether oxygens (including phenoxy) is 2. The van der Waals surface area contributed by atoms with Gasteiger partial charge in [0.25, 0.3) is 0 Å². The molecular formula is C33H52O5. The first-order valence-corrected chi connectivity index (χ1v) is 15.1. The Morgan fingerprint density at radius 3 is 2.16 bits per heavy atom. The molecule has 0 aromatic carbocycles. The monoisotopic (exact) mass is 528 g/mol. The molecule has 5 heteroatoms. The van der Waals surface area contributed by atoms with Crippen molar-refractivity contribution >= 4 is 11.9 Å². The Morgan fingerprint density at radius 1 is 0.868 bits per heavy atom. The van der Waals surface area contributed by atoms with Gasteiger partial charge in [-0.2, -0.15) is 0 Å². The van der Waals surface area contributed by atoms with Crippen LogP contribution >= 0.6 is 0 Å². The summed E-state index contributed by atoms with van der Waals surface area (Å²) in [5.41, 5.74) is 0.946. The number of methoxy groups -OCH3 is 2. The molecule has 0 amide bonds. The van der Waals surface area contributed by atoms with Crippen LogP contribution in [0.15, 0.2) is 11.6 Å². The van der Waals surface area contributed by atoms with Crippen molar-refractivity contribution in [1.29, 1.82) is 0 Å². The summed E-state index contributed by atoms with van der Waals surface area (Å²) >= 11 is 0. The highest BCUT2D eigenvalue weighted by Crippen LogP contribution is 2.76. The number of fused-ring (bicyclic) bond motifs is 7. The fourth-order valence-corrected chi connectivity index (χ4v) is 11.4. The van der Waals surface area contributed by atoms with E-state index in [0.29, 0.717) is 18.3 Å². The first-order chi connectivity index (χ1) is 17.5. The number of allylic oxidation sites excluding steroid dienone is 2. The summed E-state index contributed by atoms with van der Waals surface area (Å²) in [6, 6.07) is 0. The lowest BCUT2D eigenvalue weighted by atomic mass is 9.33. The molecule has 5 rings (SSSR count). The van der Waals surface area contributed by atoms with E-state index in [0.717, 1.165) is 51.4 Å². The highest BCUT2D eigenvalue weighted by molar-refractivity contribution is 5.78. The first-order valence-electron chi connectivity index (χ1n) is 15.1. The van der Waals surface area contributed by atoms with Gasteiger partial charge in [-0.05, 0) is 103 Å². The number of hydrogen-bond acceptors (Lipinski definition) is 5. The van der Waals surface area contributed by atoms with Crippen molar-refractivity contribution in [2.75, 3.05) is 14.2 Å². The molecule has 0 aromatic rings. The van der Waals surface area contributed by atoms with Gasteiger partial charge in [0, 0.05) is 0 Å². The average molecular weight is 529 g/mol. The molecule has 5 nitrogen and oxygen atoms in total. The minimum absolute atomic E-state index is 0.000469. The third kappa shape index (κ3) is 3.45. The lowest BCUT2D eigenvalue weighted by Gasteiger charge is -2.71. The number of hydrogen-bond donors (Lipinski definition) is 1. The topological polar surface area (TPSA) is 72.8 Å². The van der Waals surface area contributed by atoms with E-state index in [-0.39, 0.29) is 44.9 Å². The van der Waals surface area contributed by atoms with Crippen molar-refractivity contribution in [1.82, 2.24) is 0 Å². The summed E-state index contributed by atoms with van der Waals surface area (Å²) in [6.07, 6.45) is 10.6. The van der Waals surface area contributed by atoms with E-state index in [1.165, 1.54) is 12.7 Å². The summed E-state index contributed by atoms with van der Waals surface area (Å²) in [6.45, 7) is 16.5. The number of aliphatic hydroxyl groups excluding tert-OH is 1. The largest absolute Gasteiger partial charge is 0.469 e. The minimum atomic E-state index is -0.692. The molecule has 5 aliphatic rings. The lowest BCUT2D eigenvalue weighted by molar-refractivity contribution is -0.224. The Bertz CT molecular complexity index is 1040. The van der Waals surface area contributed by atoms with E-state index in [4.69, 9.17) is 9.47 Å². The molecule has 4 saturated carbocycles. The molecule has 0 radical (unpaired) electrons. The Hall–Kier alpha value is -1.36. The second-order valence-electron chi connectivity index (χ2n) is 16.0. The molecule has 9 atom stereocenters. The van der Waals surface area contributed by atoms with Gasteiger partial charge in [-0.25, -0.2) is 0 Å². The molecular weight excluding hydrogens is 476 g/mol. The van der Waals surface area contributed by atoms with Gasteiger partial charge in [-0.1, -0.05) is 60.1 Å². The third-order valence-electron chi connectivity index (χ3n) is 13.7. The third-order valence-corrected chi connectivity index (χ3v) is 13.7. The first kappa shape index (κ1) is 28.2. The van der Waals surface area contributed by atoms with Crippen LogP contribution in [0.4, 0.5) is 0 Å². The summed E-state index contributed by atoms with van der Waals surface area (Å²) in [5, 5.41) is 11.4. The van der Waals surface area contributed by atoms with Gasteiger partial charge in [0.1, 0.15) is 0 Å². The van der Waals surface area contributed by atoms with Crippen LogP contribution in [0.1, 0.15) is 106 Å². The van der Waals surface area contributed by atoms with Crippen LogP contribution < -0.4 is 0 Å². The number of carbonyl (C=O) groups is 2. The van der Waals surface area contributed by atoms with Gasteiger partial charge in [-0.15, -0.1) is 0 Å². The summed E-state index contributed by atoms with van der Waals surface area (Å²) in [7, 11) is 3.01. The lowest BCUT2D eigenvalue weighted by Crippen LogP contribution is -2.66. The molecule has 9 unspecified atom stereocenters. The van der Waals surface area contributed by atoms with E-state index in [1.807, 2.05) is 0 Å². The fourth-order valence-electron chi connectivity index (χ4n) is 11.4. The smallest absolute Gasteiger partial charge is 0.312 e. The molecule has 0 heterocycles. The normalized spacial score (nSPS) is 48.8. The van der Waals surface area contributed by atoms with E-state index in [1.54, 1.807) is 7.11 Å². The quantitative estimate of drug-likeness (QED) is 0.318. The Kier molecular flexibility index (Phi) is 6.36. The van der Waals surface area contributed by atoms with Crippen LogP contribution in [0.2, 0.25) is 0 Å². The maximum absolute atomic E-state index is 13.4. The van der Waals surface area contributed by atoms with Gasteiger partial charge >= 0.3 is 11.9 Å². The fraction of sp³-hybridized carbons (Fsp3) is 0.879. The van der Waals surface area contributed by atoms with Gasteiger partial charge in [0.15, 0.2) is 0 Å². The molecule has 1 N–H and O–H groups in total. The van der Waals surface area contributed by atoms with Crippen molar-refractivity contribution in [3.63, 3.8) is 0 Å². The molecule has 214 valence electrons. The molecule has 0 saturated heterocycles. The zero-order valence-electron chi connectivity index (χ0n) is 25.4. The number of aliphatic hydroxyl groups is 1. The van der Waals surface area contributed by atoms with E-state index in [2.05, 4.69) is 54.5 Å². The van der Waals surface area contributed by atoms with Crippen molar-refractivity contribution in [3.05, 3.63) is 11.6 Å². The van der Waals surface area contributed by atoms with Crippen molar-refractivity contribution < 1.29 is 24.2 Å². The Labute approximate surface area is 230 Å². The van der Waals surface area contributed by atoms with Gasteiger partial charge in [0.2, 0.25) is 0 Å². The standard InChI is InChI=1S/C33H52O5/c1-28(2)14-16-33(27(36)38-9)17-15-31(6)21(22(33)19-28)10-11-24-30(5)18-20(26(35)37-8)25(34)29(3,4)23(30)12-13-32(24,31)7/h10,20,22-25,34H,11-19H2,1-9H3. The highest BCUT2D eigenvalue weighted by Gasteiger charge is 2.70. The second kappa shape index (κ2) is 8.57. The van der Waals surface area contributed by atoms with Crippen LogP contribution in [-0.2, 0) is 19.1 Å². The van der Waals surface area contributed by atoms with E-state index >= 15 is 0 Å². The predicted molar refractivity (Wildman–Crippen MR) is 148 cm³/mol. The van der Waals surface area contributed by atoms with Crippen molar-refractivity contribution in [2.24, 2.45) is 56.2 Å². The summed E-state index contributed by atoms with van der Waals surface area (Å²) in [5.74, 6) is 0.202. The molecule has 0 aliphatic heterocycles. The number of carbonyl (C=O) groups excluding carboxylic acids is 2. The molecule has 5 aliphatic carbocycles. The summed E-state index contributed by atoms with van der Waals surface area (Å²) < 4.78 is 10.7. The molecule has 38 heavy (non-hydrogen) atoms. The Balaban J connectivity index is 1.61. The SMILES string of the molecule is COC(=O)C1CC2(C)C(CCC3(C)C2CC=C2C4CC(C)(C)CCC4(C(=O)OC)CCC23C)C(C)(C)C1O. The number of rotatable bonds is 2. The average Bonchev–Trinajstić information content (AvgIpc) is 2.85. The van der Waals surface area contributed by atoms with Crippen molar-refractivity contribution in [3.8, 4) is 0 Å². The highest BCUT2D eigenvalue weighted by atomic mass is 16.5. The zero-order valence-corrected chi connectivity index (χ0v) is 25.4. The van der Waals surface area contributed by atoms with Crippen molar-refractivity contribution in [2.45, 2.75) is 112 Å². The van der Waals surface area contributed by atoms with Crippen LogP contribution in [0, 0.1) is 56.2 Å². The van der Waals surface area contributed by atoms with Gasteiger partial charge in [0.05, 0.1) is 31.7 Å². The minimum Gasteiger partial charge on any atom is -0.469 e. The van der Waals surface area contributed by atoms with Gasteiger partial charge < -0.3 is 14.6 Å². The van der Waals surface area contributed by atoms with Crippen LogP contribution in [0.3, 0.4) is 0 Å². The Morgan fingerprint density at radius 2 is 1.53 bits per heavy atom. The van der Waals surface area contributed by atoms with Crippen LogP contribution in [-0.4, -0.2) is 37.4 Å². The maximum Gasteiger partial charge on any atom is 0.312 e. The molecule has 0 spiro atoms. The van der Waals surface area contributed by atoms with Gasteiger partial charge in [-0.3, -0.25) is 9.59 Å². The zero-order chi connectivity index (χ0) is 28.1. The van der Waals surface area contributed by atoms with Crippen LogP contribution in [0.25, 0.3) is 0 Å². The second-order valence-corrected chi connectivity index (χ2v) is 16.0. The van der Waals surface area contributed by atoms with Crippen LogP contribution in [0.5, 0.6) is 0 Å². The number of esters is 2. The molecule has 0 bridgehead atoms. The molecule has 0 aromatic heterocycles. The predicted octanol–water partition coefficient (Wildman–Crippen LogP) is 6.72. The summed E-state index contributed by atoms with van der Waals surface area (Å²) in [4.78, 5) is 26.3.